The first-order valence-electron chi connectivity index (χ1n) is 8.24. The Hall–Kier alpha value is -2.87. The number of ether oxygens (including phenoxy) is 2. The Bertz CT molecular complexity index is 919. The molecule has 0 unspecified atom stereocenters. The molecule has 0 atom stereocenters. The molecule has 0 spiro atoms. The second-order valence-corrected chi connectivity index (χ2v) is 6.73. The van der Waals surface area contributed by atoms with Crippen molar-refractivity contribution < 1.29 is 27.8 Å². The van der Waals surface area contributed by atoms with Crippen LogP contribution in [0.3, 0.4) is 0 Å². The molecule has 6 nitrogen and oxygen atoms in total. The number of carbonyl (C=O) groups excluding carboxylic acids is 2. The lowest BCUT2D eigenvalue weighted by molar-refractivity contribution is 0.0992. The quantitative estimate of drug-likeness (QED) is 0.718. The third-order valence-corrected chi connectivity index (χ3v) is 3.90. The predicted molar refractivity (Wildman–Crippen MR) is 101 cm³/mol. The molecular weight excluding hydrogens is 394 g/mol. The van der Waals surface area contributed by atoms with Crippen LogP contribution in [0, 0.1) is 17.6 Å². The molecule has 2 aromatic carbocycles. The van der Waals surface area contributed by atoms with E-state index in [-0.39, 0.29) is 28.0 Å². The average Bonchev–Trinajstić information content (AvgIpc) is 2.61. The lowest BCUT2D eigenvalue weighted by atomic mass is 10.1. The maximum atomic E-state index is 14.0. The summed E-state index contributed by atoms with van der Waals surface area (Å²) in [5.74, 6) is -3.30. The summed E-state index contributed by atoms with van der Waals surface area (Å²) in [6.07, 6.45) is 0. The first-order valence-corrected chi connectivity index (χ1v) is 8.62. The molecule has 0 bridgehead atoms. The standard InChI is InChI=1S/C19H19ClF2N2O4/c1-9(2)8-28-17-12(20)4-10(5-16(17)27-3)19(26)24-15-6-11(18(23)25)13(21)7-14(15)22/h4-7,9H,8H2,1-3H3,(H2,23,25)(H,24,26). The van der Waals surface area contributed by atoms with Crippen LogP contribution >= 0.6 is 11.6 Å². The number of methoxy groups -OCH3 is 1. The first kappa shape index (κ1) is 21.4. The van der Waals surface area contributed by atoms with Crippen LogP contribution in [0.5, 0.6) is 11.5 Å². The van der Waals surface area contributed by atoms with E-state index in [4.69, 9.17) is 26.8 Å². The number of nitrogens with two attached hydrogens (primary N) is 1. The van der Waals surface area contributed by atoms with Crippen molar-refractivity contribution in [3.8, 4) is 11.5 Å². The van der Waals surface area contributed by atoms with Crippen LogP contribution in [0.1, 0.15) is 34.6 Å². The monoisotopic (exact) mass is 412 g/mol. The fraction of sp³-hybridized carbons (Fsp3) is 0.263. The minimum Gasteiger partial charge on any atom is -0.493 e. The Labute approximate surface area is 165 Å². The number of primary amides is 1. The van der Waals surface area contributed by atoms with Crippen molar-refractivity contribution in [2.75, 3.05) is 19.0 Å². The fourth-order valence-corrected chi connectivity index (χ4v) is 2.53. The predicted octanol–water partition coefficient (Wildman–Crippen LogP) is 4.01. The summed E-state index contributed by atoms with van der Waals surface area (Å²) in [5.41, 5.74) is 4.12. The van der Waals surface area contributed by atoms with E-state index in [1.54, 1.807) is 0 Å². The number of carbonyl (C=O) groups is 2. The SMILES string of the molecule is COc1cc(C(=O)Nc2cc(C(N)=O)c(F)cc2F)cc(Cl)c1OCC(C)C. The van der Waals surface area contributed by atoms with Gasteiger partial charge in [0.25, 0.3) is 11.8 Å². The number of amides is 2. The normalized spacial score (nSPS) is 10.7. The van der Waals surface area contributed by atoms with Gasteiger partial charge in [-0.1, -0.05) is 25.4 Å². The molecular formula is C19H19ClF2N2O4. The zero-order chi connectivity index (χ0) is 21.0. The van der Waals surface area contributed by atoms with Gasteiger partial charge in [0.2, 0.25) is 0 Å². The Morgan fingerprint density at radius 2 is 1.86 bits per heavy atom. The van der Waals surface area contributed by atoms with E-state index in [0.717, 1.165) is 6.07 Å². The zero-order valence-electron chi connectivity index (χ0n) is 15.4. The molecule has 2 rings (SSSR count). The van der Waals surface area contributed by atoms with Gasteiger partial charge in [-0.3, -0.25) is 9.59 Å². The summed E-state index contributed by atoms with van der Waals surface area (Å²) < 4.78 is 38.3. The third kappa shape index (κ3) is 4.89. The maximum Gasteiger partial charge on any atom is 0.255 e. The number of benzene rings is 2. The van der Waals surface area contributed by atoms with Crippen LogP contribution in [0.2, 0.25) is 5.02 Å². The molecule has 0 saturated carbocycles. The van der Waals surface area contributed by atoms with Crippen molar-refractivity contribution in [2.45, 2.75) is 13.8 Å². The van der Waals surface area contributed by atoms with Gasteiger partial charge < -0.3 is 20.5 Å². The van der Waals surface area contributed by atoms with Gasteiger partial charge in [-0.25, -0.2) is 8.78 Å². The van der Waals surface area contributed by atoms with Crippen molar-refractivity contribution in [3.05, 3.63) is 52.0 Å². The third-order valence-electron chi connectivity index (χ3n) is 3.62. The van der Waals surface area contributed by atoms with Crippen LogP contribution in [-0.4, -0.2) is 25.5 Å². The fourth-order valence-electron chi connectivity index (χ4n) is 2.27. The molecule has 2 amide bonds. The molecule has 150 valence electrons. The van der Waals surface area contributed by atoms with Crippen LogP contribution in [0.25, 0.3) is 0 Å². The van der Waals surface area contributed by atoms with Crippen LogP contribution in [0.15, 0.2) is 24.3 Å². The Morgan fingerprint density at radius 1 is 1.18 bits per heavy atom. The van der Waals surface area contributed by atoms with Gasteiger partial charge >= 0.3 is 0 Å². The highest BCUT2D eigenvalue weighted by Gasteiger charge is 2.19. The van der Waals surface area contributed by atoms with Gasteiger partial charge in [0.1, 0.15) is 11.6 Å². The smallest absolute Gasteiger partial charge is 0.255 e. The Kier molecular flexibility index (Phi) is 6.80. The summed E-state index contributed by atoms with van der Waals surface area (Å²) >= 11 is 6.19. The van der Waals surface area contributed by atoms with Gasteiger partial charge in [-0.2, -0.15) is 0 Å². The minimum absolute atomic E-state index is 0.0445. The van der Waals surface area contributed by atoms with Crippen molar-refractivity contribution in [3.63, 3.8) is 0 Å². The Balaban J connectivity index is 2.33. The summed E-state index contributed by atoms with van der Waals surface area (Å²) in [6, 6.07) is 3.98. The molecule has 2 aromatic rings. The molecule has 0 saturated heterocycles. The highest BCUT2D eigenvalue weighted by molar-refractivity contribution is 6.32. The molecule has 0 heterocycles. The van der Waals surface area contributed by atoms with Crippen molar-refractivity contribution >= 4 is 29.1 Å². The second-order valence-electron chi connectivity index (χ2n) is 6.32. The molecule has 0 aromatic heterocycles. The molecule has 28 heavy (non-hydrogen) atoms. The van der Waals surface area contributed by atoms with Gasteiger partial charge in [0.15, 0.2) is 11.5 Å². The van der Waals surface area contributed by atoms with E-state index < -0.39 is 34.7 Å². The van der Waals surface area contributed by atoms with E-state index in [1.165, 1.54) is 19.2 Å². The van der Waals surface area contributed by atoms with Gasteiger partial charge in [-0.15, -0.1) is 0 Å². The molecule has 0 radical (unpaired) electrons. The van der Waals surface area contributed by atoms with E-state index in [0.29, 0.717) is 12.7 Å². The van der Waals surface area contributed by atoms with E-state index in [2.05, 4.69) is 5.32 Å². The summed E-state index contributed by atoms with van der Waals surface area (Å²) in [6.45, 7) is 4.30. The largest absolute Gasteiger partial charge is 0.493 e. The van der Waals surface area contributed by atoms with Crippen molar-refractivity contribution in [2.24, 2.45) is 11.7 Å². The minimum atomic E-state index is -1.13. The van der Waals surface area contributed by atoms with Crippen LogP contribution in [-0.2, 0) is 0 Å². The summed E-state index contributed by atoms with van der Waals surface area (Å²) in [4.78, 5) is 23.7. The number of halogens is 3. The lowest BCUT2D eigenvalue weighted by Crippen LogP contribution is -2.17. The summed E-state index contributed by atoms with van der Waals surface area (Å²) in [7, 11) is 1.38. The number of nitrogens with one attached hydrogen (secondary N) is 1. The first-order chi connectivity index (χ1) is 13.1. The zero-order valence-corrected chi connectivity index (χ0v) is 16.2. The number of rotatable bonds is 7. The molecule has 0 aliphatic carbocycles. The van der Waals surface area contributed by atoms with Gasteiger partial charge in [0.05, 0.1) is 30.0 Å². The number of hydrogen-bond acceptors (Lipinski definition) is 4. The summed E-state index contributed by atoms with van der Waals surface area (Å²) in [5, 5.41) is 2.38. The molecule has 3 N–H and O–H groups in total. The molecule has 9 heteroatoms. The van der Waals surface area contributed by atoms with Crippen LogP contribution in [0.4, 0.5) is 14.5 Å². The van der Waals surface area contributed by atoms with Crippen molar-refractivity contribution in [1.29, 1.82) is 0 Å². The number of anilines is 1. The highest BCUT2D eigenvalue weighted by atomic mass is 35.5. The van der Waals surface area contributed by atoms with E-state index >= 15 is 0 Å². The average molecular weight is 413 g/mol. The molecule has 0 aliphatic rings. The van der Waals surface area contributed by atoms with Crippen molar-refractivity contribution in [1.82, 2.24) is 0 Å². The van der Waals surface area contributed by atoms with Gasteiger partial charge in [-0.05, 0) is 24.1 Å². The van der Waals surface area contributed by atoms with Crippen LogP contribution < -0.4 is 20.5 Å². The number of hydrogen-bond donors (Lipinski definition) is 2. The second kappa shape index (κ2) is 8.88. The molecule has 0 aliphatic heterocycles. The Morgan fingerprint density at radius 3 is 2.43 bits per heavy atom. The van der Waals surface area contributed by atoms with E-state index in [9.17, 15) is 18.4 Å². The van der Waals surface area contributed by atoms with Gasteiger partial charge in [0, 0.05) is 11.6 Å². The molecule has 0 fully saturated rings. The maximum absolute atomic E-state index is 14.0. The van der Waals surface area contributed by atoms with E-state index in [1.807, 2.05) is 13.8 Å². The highest BCUT2D eigenvalue weighted by Crippen LogP contribution is 2.37. The topological polar surface area (TPSA) is 90.6 Å². The lowest BCUT2D eigenvalue weighted by Gasteiger charge is -2.15.